The quantitative estimate of drug-likeness (QED) is 0.745. The second kappa shape index (κ2) is 3.05. The highest BCUT2D eigenvalue weighted by atomic mass is 16.5. The smallest absolute Gasteiger partial charge is 0.127 e. The molecule has 3 rings (SSSR count). The van der Waals surface area contributed by atoms with E-state index < -0.39 is 0 Å². The van der Waals surface area contributed by atoms with Crippen LogP contribution < -0.4 is 10.5 Å². The zero-order chi connectivity index (χ0) is 12.4. The Morgan fingerprint density at radius 1 is 1.29 bits per heavy atom. The van der Waals surface area contributed by atoms with Crippen LogP contribution in [-0.4, -0.2) is 11.6 Å². The standard InChI is InChI=1S/C15H21NO/c1-9-7-10(2)13-11(8-9)15(4)12(16)5-6-14(15,3)17-13/h7-8,12H,5-6,16H2,1-4H3/t12-,14?,15?/m0/s1. The molecule has 0 aromatic heterocycles. The van der Waals surface area contributed by atoms with Gasteiger partial charge in [-0.25, -0.2) is 0 Å². The third kappa shape index (κ3) is 1.14. The average Bonchev–Trinajstić information content (AvgIpc) is 2.61. The molecule has 1 aromatic carbocycles. The van der Waals surface area contributed by atoms with E-state index in [0.29, 0.717) is 0 Å². The first-order valence-corrected chi connectivity index (χ1v) is 6.45. The highest BCUT2D eigenvalue weighted by molar-refractivity contribution is 5.55. The van der Waals surface area contributed by atoms with Crippen molar-refractivity contribution < 1.29 is 4.74 Å². The van der Waals surface area contributed by atoms with Crippen LogP contribution in [0.2, 0.25) is 0 Å². The van der Waals surface area contributed by atoms with Crippen LogP contribution in [0.1, 0.15) is 43.4 Å². The van der Waals surface area contributed by atoms with Gasteiger partial charge in [-0.15, -0.1) is 0 Å². The summed E-state index contributed by atoms with van der Waals surface area (Å²) in [5, 5.41) is 0. The lowest BCUT2D eigenvalue weighted by Gasteiger charge is -2.35. The maximum Gasteiger partial charge on any atom is 0.127 e. The number of hydrogen-bond donors (Lipinski definition) is 1. The van der Waals surface area contributed by atoms with Crippen molar-refractivity contribution in [3.63, 3.8) is 0 Å². The predicted molar refractivity (Wildman–Crippen MR) is 69.5 cm³/mol. The van der Waals surface area contributed by atoms with E-state index in [0.717, 1.165) is 18.6 Å². The molecule has 1 aliphatic carbocycles. The van der Waals surface area contributed by atoms with E-state index in [-0.39, 0.29) is 17.1 Å². The third-order valence-electron chi connectivity index (χ3n) is 5.08. The summed E-state index contributed by atoms with van der Waals surface area (Å²) in [6, 6.07) is 4.66. The lowest BCUT2D eigenvalue weighted by atomic mass is 9.71. The molecule has 2 heteroatoms. The molecule has 92 valence electrons. The lowest BCUT2D eigenvalue weighted by molar-refractivity contribution is 0.0631. The Balaban J connectivity index is 2.28. The van der Waals surface area contributed by atoms with Crippen molar-refractivity contribution in [2.45, 2.75) is 57.6 Å². The van der Waals surface area contributed by atoms with Gasteiger partial charge >= 0.3 is 0 Å². The third-order valence-corrected chi connectivity index (χ3v) is 5.08. The number of benzene rings is 1. The molecule has 1 fully saturated rings. The number of ether oxygens (including phenoxy) is 1. The van der Waals surface area contributed by atoms with Crippen LogP contribution in [0.5, 0.6) is 5.75 Å². The first kappa shape index (κ1) is 11.1. The molecule has 0 radical (unpaired) electrons. The molecule has 17 heavy (non-hydrogen) atoms. The number of hydrogen-bond acceptors (Lipinski definition) is 2. The number of nitrogens with two attached hydrogens (primary N) is 1. The minimum Gasteiger partial charge on any atom is -0.486 e. The van der Waals surface area contributed by atoms with Crippen LogP contribution in [0.3, 0.4) is 0 Å². The summed E-state index contributed by atoms with van der Waals surface area (Å²) in [7, 11) is 0. The summed E-state index contributed by atoms with van der Waals surface area (Å²) in [6.07, 6.45) is 2.11. The molecule has 2 N–H and O–H groups in total. The molecule has 2 unspecified atom stereocenters. The second-order valence-corrected chi connectivity index (χ2v) is 6.14. The predicted octanol–water partition coefficient (Wildman–Crippen LogP) is 2.83. The van der Waals surface area contributed by atoms with E-state index in [4.69, 9.17) is 10.5 Å². The molecule has 3 atom stereocenters. The fraction of sp³-hybridized carbons (Fsp3) is 0.600. The van der Waals surface area contributed by atoms with Crippen molar-refractivity contribution in [2.24, 2.45) is 5.73 Å². The van der Waals surface area contributed by atoms with Gasteiger partial charge in [-0.1, -0.05) is 24.6 Å². The minimum atomic E-state index is -0.118. The molecule has 2 aliphatic rings. The van der Waals surface area contributed by atoms with Gasteiger partial charge in [0.2, 0.25) is 0 Å². The van der Waals surface area contributed by atoms with Gasteiger partial charge in [-0.3, -0.25) is 0 Å². The first-order valence-electron chi connectivity index (χ1n) is 6.45. The molecule has 0 bridgehead atoms. The lowest BCUT2D eigenvalue weighted by Crippen LogP contribution is -2.50. The molecule has 1 saturated carbocycles. The summed E-state index contributed by atoms with van der Waals surface area (Å²) >= 11 is 0. The van der Waals surface area contributed by atoms with Gasteiger partial charge in [0.25, 0.3) is 0 Å². The Labute approximate surface area is 103 Å². The second-order valence-electron chi connectivity index (χ2n) is 6.14. The van der Waals surface area contributed by atoms with E-state index in [1.165, 1.54) is 16.7 Å². The number of rotatable bonds is 0. The molecular formula is C15H21NO. The molecule has 0 spiro atoms. The van der Waals surface area contributed by atoms with Crippen molar-refractivity contribution in [3.05, 3.63) is 28.8 Å². The first-order chi connectivity index (χ1) is 7.88. The Hall–Kier alpha value is -1.02. The van der Waals surface area contributed by atoms with Crippen LogP contribution in [0.15, 0.2) is 12.1 Å². The van der Waals surface area contributed by atoms with Crippen molar-refractivity contribution in [3.8, 4) is 5.75 Å². The maximum atomic E-state index is 6.37. The normalized spacial score (nSPS) is 38.8. The van der Waals surface area contributed by atoms with Crippen LogP contribution in [0.4, 0.5) is 0 Å². The molecule has 1 aliphatic heterocycles. The van der Waals surface area contributed by atoms with Crippen LogP contribution >= 0.6 is 0 Å². The summed E-state index contributed by atoms with van der Waals surface area (Å²) in [5.41, 5.74) is 10.1. The molecule has 1 aromatic rings. The van der Waals surface area contributed by atoms with Crippen molar-refractivity contribution in [2.75, 3.05) is 0 Å². The van der Waals surface area contributed by atoms with Gasteiger partial charge in [0.1, 0.15) is 11.4 Å². The molecule has 0 amide bonds. The van der Waals surface area contributed by atoms with Crippen molar-refractivity contribution in [1.82, 2.24) is 0 Å². The Morgan fingerprint density at radius 2 is 2.00 bits per heavy atom. The highest BCUT2D eigenvalue weighted by Crippen LogP contribution is 2.58. The van der Waals surface area contributed by atoms with Crippen LogP contribution in [0.25, 0.3) is 0 Å². The average molecular weight is 231 g/mol. The van der Waals surface area contributed by atoms with Gasteiger partial charge in [-0.2, -0.15) is 0 Å². The van der Waals surface area contributed by atoms with E-state index in [9.17, 15) is 0 Å². The van der Waals surface area contributed by atoms with Crippen molar-refractivity contribution in [1.29, 1.82) is 0 Å². The van der Waals surface area contributed by atoms with Gasteiger partial charge in [0, 0.05) is 11.6 Å². The SMILES string of the molecule is Cc1cc(C)c2c(c1)C1(C)[C@@H](N)CCC1(C)O2. The number of fused-ring (bicyclic) bond motifs is 3. The monoisotopic (exact) mass is 231 g/mol. The molecular weight excluding hydrogens is 210 g/mol. The van der Waals surface area contributed by atoms with Gasteiger partial charge in [-0.05, 0) is 39.2 Å². The van der Waals surface area contributed by atoms with Crippen LogP contribution in [0, 0.1) is 13.8 Å². The summed E-state index contributed by atoms with van der Waals surface area (Å²) < 4.78 is 6.30. The maximum absolute atomic E-state index is 6.37. The van der Waals surface area contributed by atoms with E-state index >= 15 is 0 Å². The topological polar surface area (TPSA) is 35.2 Å². The molecule has 1 heterocycles. The number of aryl methyl sites for hydroxylation is 2. The Bertz CT molecular complexity index is 496. The van der Waals surface area contributed by atoms with E-state index in [1.807, 2.05) is 0 Å². The molecule has 0 saturated heterocycles. The van der Waals surface area contributed by atoms with Gasteiger partial charge < -0.3 is 10.5 Å². The van der Waals surface area contributed by atoms with Crippen LogP contribution in [-0.2, 0) is 5.41 Å². The molecule has 2 nitrogen and oxygen atoms in total. The fourth-order valence-corrected chi connectivity index (χ4v) is 3.71. The van der Waals surface area contributed by atoms with Gasteiger partial charge in [0.15, 0.2) is 0 Å². The van der Waals surface area contributed by atoms with Gasteiger partial charge in [0.05, 0.1) is 5.41 Å². The summed E-state index contributed by atoms with van der Waals surface area (Å²) in [4.78, 5) is 0. The summed E-state index contributed by atoms with van der Waals surface area (Å²) in [5.74, 6) is 1.08. The Morgan fingerprint density at radius 3 is 2.71 bits per heavy atom. The fourth-order valence-electron chi connectivity index (χ4n) is 3.71. The largest absolute Gasteiger partial charge is 0.486 e. The van der Waals surface area contributed by atoms with Crippen molar-refractivity contribution >= 4 is 0 Å². The Kier molecular flexibility index (Phi) is 1.99. The minimum absolute atomic E-state index is 0.0287. The van der Waals surface area contributed by atoms with E-state index in [1.54, 1.807) is 0 Å². The summed E-state index contributed by atoms with van der Waals surface area (Å²) in [6.45, 7) is 8.77. The zero-order valence-electron chi connectivity index (χ0n) is 11.1. The van der Waals surface area contributed by atoms with E-state index in [2.05, 4.69) is 39.8 Å². The zero-order valence-corrected chi connectivity index (χ0v) is 11.1. The highest BCUT2D eigenvalue weighted by Gasteiger charge is 2.61.